The van der Waals surface area contributed by atoms with E-state index < -0.39 is 0 Å². The van der Waals surface area contributed by atoms with E-state index in [0.29, 0.717) is 17.9 Å². The van der Waals surface area contributed by atoms with Crippen molar-refractivity contribution >= 4 is 0 Å². The Morgan fingerprint density at radius 2 is 2.28 bits per heavy atom. The van der Waals surface area contributed by atoms with E-state index in [0.717, 1.165) is 52.3 Å². The molecule has 2 unspecified atom stereocenters. The zero-order chi connectivity index (χ0) is 13.2. The molecule has 1 rings (SSSR count). The minimum atomic E-state index is 0.348. The third-order valence-electron chi connectivity index (χ3n) is 3.62. The zero-order valence-corrected chi connectivity index (χ0v) is 12.0. The van der Waals surface area contributed by atoms with Crippen LogP contribution in [0.4, 0.5) is 0 Å². The largest absolute Gasteiger partial charge is 0.379 e. The molecule has 0 amide bonds. The van der Waals surface area contributed by atoms with Crippen molar-refractivity contribution in [3.05, 3.63) is 0 Å². The lowest BCUT2D eigenvalue weighted by Gasteiger charge is -2.19. The van der Waals surface area contributed by atoms with Gasteiger partial charge in [-0.15, -0.1) is 0 Å². The second kappa shape index (κ2) is 9.73. The van der Waals surface area contributed by atoms with Crippen molar-refractivity contribution in [1.29, 1.82) is 0 Å². The lowest BCUT2D eigenvalue weighted by atomic mass is 9.96. The van der Waals surface area contributed by atoms with Crippen LogP contribution in [0.25, 0.3) is 0 Å². The van der Waals surface area contributed by atoms with Crippen LogP contribution in [0.5, 0.6) is 0 Å². The topological polar surface area (TPSA) is 56.5 Å². The Balaban J connectivity index is 1.86. The summed E-state index contributed by atoms with van der Waals surface area (Å²) in [6.07, 6.45) is 3.75. The van der Waals surface area contributed by atoms with Gasteiger partial charge in [0.2, 0.25) is 0 Å². The molecular formula is C14H30N2O2. The van der Waals surface area contributed by atoms with Crippen molar-refractivity contribution in [2.45, 2.75) is 39.2 Å². The van der Waals surface area contributed by atoms with E-state index in [2.05, 4.69) is 19.2 Å². The molecule has 2 atom stereocenters. The summed E-state index contributed by atoms with van der Waals surface area (Å²) in [6, 6.07) is 0. The predicted octanol–water partition coefficient (Wildman–Crippen LogP) is 1.39. The van der Waals surface area contributed by atoms with E-state index in [1.54, 1.807) is 0 Å². The smallest absolute Gasteiger partial charge is 0.0809 e. The molecule has 0 aromatic rings. The quantitative estimate of drug-likeness (QED) is 0.582. The van der Waals surface area contributed by atoms with Gasteiger partial charge in [-0.1, -0.05) is 13.8 Å². The van der Waals surface area contributed by atoms with E-state index in [1.165, 1.54) is 6.42 Å². The number of nitrogens with one attached hydrogen (secondary N) is 1. The monoisotopic (exact) mass is 258 g/mol. The molecular weight excluding hydrogens is 228 g/mol. The second-order valence-electron chi connectivity index (χ2n) is 5.51. The van der Waals surface area contributed by atoms with Crippen LogP contribution in [0.1, 0.15) is 33.1 Å². The molecule has 1 saturated heterocycles. The maximum atomic E-state index is 5.73. The van der Waals surface area contributed by atoms with Crippen LogP contribution in [-0.2, 0) is 9.47 Å². The normalized spacial score (nSPS) is 21.7. The number of rotatable bonds is 10. The third kappa shape index (κ3) is 6.69. The average Bonchev–Trinajstić information content (AvgIpc) is 2.85. The summed E-state index contributed by atoms with van der Waals surface area (Å²) in [5.74, 6) is 1.23. The molecule has 4 heteroatoms. The first kappa shape index (κ1) is 15.9. The summed E-state index contributed by atoms with van der Waals surface area (Å²) in [5.41, 5.74) is 5.73. The van der Waals surface area contributed by atoms with Crippen molar-refractivity contribution in [3.8, 4) is 0 Å². The molecule has 1 aliphatic heterocycles. The number of hydrogen-bond donors (Lipinski definition) is 2. The fourth-order valence-electron chi connectivity index (χ4n) is 2.17. The van der Waals surface area contributed by atoms with Crippen molar-refractivity contribution < 1.29 is 9.47 Å². The average molecular weight is 258 g/mol. The summed E-state index contributed by atoms with van der Waals surface area (Å²) >= 11 is 0. The van der Waals surface area contributed by atoms with Crippen LogP contribution in [0, 0.1) is 11.8 Å². The Kier molecular flexibility index (Phi) is 8.59. The van der Waals surface area contributed by atoms with Crippen LogP contribution in [-0.4, -0.2) is 45.6 Å². The highest BCUT2D eigenvalue weighted by atomic mass is 16.5. The van der Waals surface area contributed by atoms with Crippen LogP contribution in [0.3, 0.4) is 0 Å². The lowest BCUT2D eigenvalue weighted by molar-refractivity contribution is 0.0166. The van der Waals surface area contributed by atoms with Gasteiger partial charge in [-0.3, -0.25) is 0 Å². The fraction of sp³-hybridized carbons (Fsp3) is 1.00. The van der Waals surface area contributed by atoms with Crippen LogP contribution in [0.2, 0.25) is 0 Å². The van der Waals surface area contributed by atoms with Crippen LogP contribution < -0.4 is 11.1 Å². The van der Waals surface area contributed by atoms with Crippen molar-refractivity contribution in [2.75, 3.05) is 39.5 Å². The van der Waals surface area contributed by atoms with Gasteiger partial charge in [0, 0.05) is 13.2 Å². The molecule has 0 saturated carbocycles. The molecule has 3 N–H and O–H groups in total. The van der Waals surface area contributed by atoms with Gasteiger partial charge in [0.1, 0.15) is 0 Å². The summed E-state index contributed by atoms with van der Waals surface area (Å²) in [7, 11) is 0. The first-order valence-electron chi connectivity index (χ1n) is 7.34. The Labute approximate surface area is 112 Å². The van der Waals surface area contributed by atoms with Crippen molar-refractivity contribution in [2.24, 2.45) is 17.6 Å². The standard InChI is InChI=1S/C14H30N2O2/c1-12(2)13(9-15)10-16-6-4-7-17-11-14-5-3-8-18-14/h12-14,16H,3-11,15H2,1-2H3. The maximum absolute atomic E-state index is 5.73. The molecule has 0 bridgehead atoms. The minimum absolute atomic E-state index is 0.348. The van der Waals surface area contributed by atoms with E-state index in [1.807, 2.05) is 0 Å². The minimum Gasteiger partial charge on any atom is -0.379 e. The van der Waals surface area contributed by atoms with Crippen LogP contribution >= 0.6 is 0 Å². The molecule has 108 valence electrons. The van der Waals surface area contributed by atoms with Gasteiger partial charge in [-0.25, -0.2) is 0 Å². The number of nitrogens with two attached hydrogens (primary N) is 1. The summed E-state index contributed by atoms with van der Waals surface area (Å²) in [4.78, 5) is 0. The highest BCUT2D eigenvalue weighted by Gasteiger charge is 2.15. The van der Waals surface area contributed by atoms with E-state index in [4.69, 9.17) is 15.2 Å². The number of ether oxygens (including phenoxy) is 2. The molecule has 1 heterocycles. The van der Waals surface area contributed by atoms with E-state index >= 15 is 0 Å². The first-order chi connectivity index (χ1) is 8.74. The SMILES string of the molecule is CC(C)C(CN)CNCCCOCC1CCCO1. The van der Waals surface area contributed by atoms with Crippen molar-refractivity contribution in [3.63, 3.8) is 0 Å². The molecule has 0 aromatic heterocycles. The molecule has 0 spiro atoms. The Morgan fingerprint density at radius 1 is 1.44 bits per heavy atom. The molecule has 1 fully saturated rings. The molecule has 18 heavy (non-hydrogen) atoms. The van der Waals surface area contributed by atoms with Gasteiger partial charge >= 0.3 is 0 Å². The summed E-state index contributed by atoms with van der Waals surface area (Å²) in [6.45, 7) is 9.73. The fourth-order valence-corrected chi connectivity index (χ4v) is 2.17. The van der Waals surface area contributed by atoms with E-state index in [9.17, 15) is 0 Å². The summed E-state index contributed by atoms with van der Waals surface area (Å²) < 4.78 is 11.1. The van der Waals surface area contributed by atoms with Gasteiger partial charge < -0.3 is 20.5 Å². The molecule has 0 aromatic carbocycles. The second-order valence-corrected chi connectivity index (χ2v) is 5.51. The summed E-state index contributed by atoms with van der Waals surface area (Å²) in [5, 5.41) is 3.45. The predicted molar refractivity (Wildman–Crippen MR) is 74.7 cm³/mol. The molecule has 4 nitrogen and oxygen atoms in total. The van der Waals surface area contributed by atoms with Gasteiger partial charge in [-0.05, 0) is 50.7 Å². The highest BCUT2D eigenvalue weighted by molar-refractivity contribution is 4.66. The zero-order valence-electron chi connectivity index (χ0n) is 12.0. The van der Waals surface area contributed by atoms with Gasteiger partial charge in [0.05, 0.1) is 12.7 Å². The van der Waals surface area contributed by atoms with Crippen molar-refractivity contribution in [1.82, 2.24) is 5.32 Å². The van der Waals surface area contributed by atoms with Crippen LogP contribution in [0.15, 0.2) is 0 Å². The molecule has 1 aliphatic rings. The first-order valence-corrected chi connectivity index (χ1v) is 7.34. The Morgan fingerprint density at radius 3 is 2.89 bits per heavy atom. The highest BCUT2D eigenvalue weighted by Crippen LogP contribution is 2.11. The lowest BCUT2D eigenvalue weighted by Crippen LogP contribution is -2.32. The molecule has 0 radical (unpaired) electrons. The maximum Gasteiger partial charge on any atom is 0.0809 e. The number of hydrogen-bond acceptors (Lipinski definition) is 4. The van der Waals surface area contributed by atoms with Gasteiger partial charge in [0.15, 0.2) is 0 Å². The van der Waals surface area contributed by atoms with Gasteiger partial charge in [-0.2, -0.15) is 0 Å². The molecule has 0 aliphatic carbocycles. The third-order valence-corrected chi connectivity index (χ3v) is 3.62. The Hall–Kier alpha value is -0.160. The van der Waals surface area contributed by atoms with Gasteiger partial charge in [0.25, 0.3) is 0 Å². The van der Waals surface area contributed by atoms with E-state index in [-0.39, 0.29) is 0 Å². The Bertz CT molecular complexity index is 194.